The molecule has 0 radical (unpaired) electrons. The Morgan fingerprint density at radius 3 is 2.81 bits per heavy atom. The van der Waals surface area contributed by atoms with Gasteiger partial charge < -0.3 is 10.5 Å². The number of aromatic amines is 1. The fraction of sp³-hybridized carbons (Fsp3) is 0.231. The van der Waals surface area contributed by atoms with Crippen LogP contribution in [0.2, 0.25) is 0 Å². The van der Waals surface area contributed by atoms with Crippen molar-refractivity contribution in [2.75, 3.05) is 12.0 Å². The third-order valence-corrected chi connectivity index (χ3v) is 4.14. The number of nitrogens with two attached hydrogens (primary N) is 1. The highest BCUT2D eigenvalue weighted by Gasteiger charge is 2.18. The first kappa shape index (κ1) is 15.0. The maximum Gasteiger partial charge on any atom is 0.293 e. The molecule has 1 aromatic heterocycles. The summed E-state index contributed by atoms with van der Waals surface area (Å²) in [5.74, 6) is 0.383. The lowest BCUT2D eigenvalue weighted by molar-refractivity contribution is -0.133. The van der Waals surface area contributed by atoms with Gasteiger partial charge >= 0.3 is 0 Å². The van der Waals surface area contributed by atoms with Crippen molar-refractivity contribution in [1.29, 1.82) is 0 Å². The number of benzene rings is 1. The van der Waals surface area contributed by atoms with Crippen molar-refractivity contribution in [3.05, 3.63) is 41.6 Å². The van der Waals surface area contributed by atoms with Crippen molar-refractivity contribution in [3.63, 3.8) is 0 Å². The first-order chi connectivity index (χ1) is 9.91. The summed E-state index contributed by atoms with van der Waals surface area (Å²) in [7, 11) is -3.33. The van der Waals surface area contributed by atoms with Crippen LogP contribution in [-0.2, 0) is 25.8 Å². The number of sulfone groups is 1. The molecular formula is C13H15N3O4S. The molecule has 0 aliphatic heterocycles. The quantitative estimate of drug-likeness (QED) is 0.764. The van der Waals surface area contributed by atoms with Gasteiger partial charge in [-0.2, -0.15) is 5.10 Å². The number of aromatic nitrogens is 2. The van der Waals surface area contributed by atoms with Gasteiger partial charge in [0.05, 0.1) is 11.1 Å². The van der Waals surface area contributed by atoms with Crippen molar-refractivity contribution >= 4 is 22.1 Å². The molecule has 0 saturated heterocycles. The van der Waals surface area contributed by atoms with Crippen LogP contribution in [0.15, 0.2) is 35.4 Å². The summed E-state index contributed by atoms with van der Waals surface area (Å²) >= 11 is 0. The van der Waals surface area contributed by atoms with Gasteiger partial charge in [0.1, 0.15) is 11.9 Å². The van der Waals surface area contributed by atoms with Crippen LogP contribution in [0.3, 0.4) is 0 Å². The monoisotopic (exact) mass is 309 g/mol. The molecule has 21 heavy (non-hydrogen) atoms. The molecule has 3 N–H and O–H groups in total. The van der Waals surface area contributed by atoms with Gasteiger partial charge in [0, 0.05) is 18.2 Å². The second kappa shape index (κ2) is 5.96. The van der Waals surface area contributed by atoms with Crippen molar-refractivity contribution in [2.24, 2.45) is 0 Å². The van der Waals surface area contributed by atoms with E-state index in [0.717, 1.165) is 6.26 Å². The molecule has 0 bridgehead atoms. The van der Waals surface area contributed by atoms with E-state index in [-0.39, 0.29) is 4.90 Å². The predicted octanol–water partition coefficient (Wildman–Crippen LogP) is 0.852. The smallest absolute Gasteiger partial charge is 0.293 e. The summed E-state index contributed by atoms with van der Waals surface area (Å²) in [5, 5.41) is 6.39. The van der Waals surface area contributed by atoms with Crippen LogP contribution in [0.1, 0.15) is 17.2 Å². The Bertz CT molecular complexity index is 739. The highest BCUT2D eigenvalue weighted by Crippen LogP contribution is 2.25. The molecule has 0 spiro atoms. The summed E-state index contributed by atoms with van der Waals surface area (Å²) in [4.78, 5) is 10.9. The van der Waals surface area contributed by atoms with Crippen LogP contribution < -0.4 is 5.73 Å². The van der Waals surface area contributed by atoms with E-state index in [4.69, 9.17) is 10.5 Å². The van der Waals surface area contributed by atoms with Gasteiger partial charge in [0.2, 0.25) is 0 Å². The number of hydrogen-bond acceptors (Lipinski definition) is 6. The Balaban J connectivity index is 2.34. The van der Waals surface area contributed by atoms with Gasteiger partial charge in [0.25, 0.3) is 6.47 Å². The van der Waals surface area contributed by atoms with Gasteiger partial charge in [-0.15, -0.1) is 0 Å². The number of anilines is 1. The molecule has 0 saturated carbocycles. The number of nitrogen functional groups attached to an aromatic ring is 1. The Labute approximate surface area is 122 Å². The van der Waals surface area contributed by atoms with Crippen LogP contribution in [-0.4, -0.2) is 31.3 Å². The molecule has 112 valence electrons. The van der Waals surface area contributed by atoms with Crippen molar-refractivity contribution in [3.8, 4) is 0 Å². The summed E-state index contributed by atoms with van der Waals surface area (Å²) in [6.07, 6.45) is 2.32. The Morgan fingerprint density at radius 2 is 2.24 bits per heavy atom. The SMILES string of the molecule is CS(=O)(=O)c1cccc(C(Cc2cn[nH]c2N)OC=O)c1. The molecule has 0 aliphatic rings. The minimum Gasteiger partial charge on any atom is -0.459 e. The van der Waals surface area contributed by atoms with Crippen molar-refractivity contribution in [2.45, 2.75) is 17.4 Å². The van der Waals surface area contributed by atoms with Crippen LogP contribution >= 0.6 is 0 Å². The molecule has 2 rings (SSSR count). The molecule has 8 heteroatoms. The van der Waals surface area contributed by atoms with Crippen LogP contribution in [0.5, 0.6) is 0 Å². The number of nitrogens with one attached hydrogen (secondary N) is 1. The molecule has 1 aromatic carbocycles. The lowest BCUT2D eigenvalue weighted by Gasteiger charge is -2.16. The number of H-pyrrole nitrogens is 1. The van der Waals surface area contributed by atoms with E-state index in [1.807, 2.05) is 0 Å². The molecule has 1 heterocycles. The summed E-state index contributed by atoms with van der Waals surface area (Å²) in [6.45, 7) is 0.327. The standard InChI is InChI=1S/C13H15N3O4S/c1-21(18,19)11-4-2-3-9(5-11)12(20-8-17)6-10-7-15-16-13(10)14/h2-5,7-8,12H,6H2,1H3,(H3,14,15,16). The second-order valence-corrected chi connectivity index (χ2v) is 6.59. The van der Waals surface area contributed by atoms with Gasteiger partial charge in [-0.1, -0.05) is 12.1 Å². The maximum absolute atomic E-state index is 11.6. The van der Waals surface area contributed by atoms with E-state index in [2.05, 4.69) is 10.2 Å². The third kappa shape index (κ3) is 3.60. The Kier molecular flexibility index (Phi) is 4.27. The van der Waals surface area contributed by atoms with Crippen LogP contribution in [0.4, 0.5) is 5.82 Å². The average molecular weight is 309 g/mol. The summed E-state index contributed by atoms with van der Waals surface area (Å²) < 4.78 is 28.2. The zero-order chi connectivity index (χ0) is 15.5. The van der Waals surface area contributed by atoms with Gasteiger partial charge in [0.15, 0.2) is 9.84 Å². The van der Waals surface area contributed by atoms with Crippen molar-refractivity contribution < 1.29 is 17.9 Å². The van der Waals surface area contributed by atoms with Crippen LogP contribution in [0.25, 0.3) is 0 Å². The van der Waals surface area contributed by atoms with E-state index in [1.165, 1.54) is 18.3 Å². The highest BCUT2D eigenvalue weighted by atomic mass is 32.2. The maximum atomic E-state index is 11.6. The normalized spacial score (nSPS) is 12.8. The van der Waals surface area contributed by atoms with E-state index in [9.17, 15) is 13.2 Å². The topological polar surface area (TPSA) is 115 Å². The number of carbonyl (C=O) groups excluding carboxylic acids is 1. The number of ether oxygens (including phenoxy) is 1. The van der Waals surface area contributed by atoms with E-state index in [0.29, 0.717) is 29.8 Å². The Hall–Kier alpha value is -2.35. The fourth-order valence-electron chi connectivity index (χ4n) is 1.94. The minimum absolute atomic E-state index is 0.166. The number of nitrogens with zero attached hydrogens (tertiary/aromatic N) is 1. The van der Waals surface area contributed by atoms with E-state index < -0.39 is 15.9 Å². The lowest BCUT2D eigenvalue weighted by atomic mass is 10.0. The summed E-state index contributed by atoms with van der Waals surface area (Å²) in [5.41, 5.74) is 6.97. The second-order valence-electron chi connectivity index (χ2n) is 4.58. The lowest BCUT2D eigenvalue weighted by Crippen LogP contribution is -2.09. The third-order valence-electron chi connectivity index (χ3n) is 3.03. The summed E-state index contributed by atoms with van der Waals surface area (Å²) in [6, 6.07) is 6.27. The Morgan fingerprint density at radius 1 is 1.48 bits per heavy atom. The molecule has 0 fully saturated rings. The first-order valence-corrected chi connectivity index (χ1v) is 7.98. The van der Waals surface area contributed by atoms with Crippen LogP contribution in [0, 0.1) is 0 Å². The highest BCUT2D eigenvalue weighted by molar-refractivity contribution is 7.90. The average Bonchev–Trinajstić information content (AvgIpc) is 2.83. The minimum atomic E-state index is -3.33. The van der Waals surface area contributed by atoms with Gasteiger partial charge in [-0.25, -0.2) is 8.42 Å². The number of carbonyl (C=O) groups is 1. The zero-order valence-corrected chi connectivity index (χ0v) is 12.1. The molecule has 1 unspecified atom stereocenters. The van der Waals surface area contributed by atoms with E-state index in [1.54, 1.807) is 12.1 Å². The van der Waals surface area contributed by atoms with Gasteiger partial charge in [-0.05, 0) is 17.7 Å². The fourth-order valence-corrected chi connectivity index (χ4v) is 2.62. The van der Waals surface area contributed by atoms with E-state index >= 15 is 0 Å². The first-order valence-electron chi connectivity index (χ1n) is 6.08. The number of rotatable bonds is 6. The predicted molar refractivity (Wildman–Crippen MR) is 76.1 cm³/mol. The zero-order valence-electron chi connectivity index (χ0n) is 11.3. The molecule has 2 aromatic rings. The molecule has 1 atom stereocenters. The van der Waals surface area contributed by atoms with Gasteiger partial charge in [-0.3, -0.25) is 9.89 Å². The molecule has 0 aliphatic carbocycles. The molecule has 7 nitrogen and oxygen atoms in total. The molecule has 0 amide bonds. The van der Waals surface area contributed by atoms with Crippen molar-refractivity contribution in [1.82, 2.24) is 10.2 Å². The molecular weight excluding hydrogens is 294 g/mol. The number of hydrogen-bond donors (Lipinski definition) is 2. The largest absolute Gasteiger partial charge is 0.459 e.